The molecule has 1 aromatic carbocycles. The molecule has 0 unspecified atom stereocenters. The highest BCUT2D eigenvalue weighted by molar-refractivity contribution is 5.63. The van der Waals surface area contributed by atoms with E-state index in [1.54, 1.807) is 6.07 Å². The minimum atomic E-state index is 0.393. The topological polar surface area (TPSA) is 32.8 Å². The maximum absolute atomic E-state index is 9.69. The van der Waals surface area contributed by atoms with E-state index in [-0.39, 0.29) is 0 Å². The zero-order valence-corrected chi connectivity index (χ0v) is 9.96. The highest BCUT2D eigenvalue weighted by Crippen LogP contribution is 2.51. The van der Waals surface area contributed by atoms with Gasteiger partial charge in [-0.05, 0) is 25.0 Å². The Kier molecular flexibility index (Phi) is 3.70. The van der Waals surface area contributed by atoms with Crippen molar-refractivity contribution in [1.29, 1.82) is 0 Å². The predicted molar refractivity (Wildman–Crippen MR) is 65.3 cm³/mol. The number of benzene rings is 1. The van der Waals surface area contributed by atoms with Crippen LogP contribution in [-0.4, -0.2) is 5.11 Å². The molecule has 1 heterocycles. The van der Waals surface area contributed by atoms with E-state index in [9.17, 15) is 5.11 Å². The van der Waals surface area contributed by atoms with Gasteiger partial charge in [0, 0.05) is 5.56 Å². The monoisotopic (exact) mass is 220 g/mol. The summed E-state index contributed by atoms with van der Waals surface area (Å²) in [4.78, 5) is 0. The first-order chi connectivity index (χ1) is 7.83. The molecule has 1 N–H and O–H groups in total. The second-order valence-electron chi connectivity index (χ2n) is 4.51. The fourth-order valence-electron chi connectivity index (χ4n) is 2.10. The maximum Gasteiger partial charge on any atom is 0.177 e. The van der Waals surface area contributed by atoms with E-state index in [1.165, 1.54) is 32.1 Å². The number of hydrogen-bond donors (Lipinski definition) is 1. The lowest BCUT2D eigenvalue weighted by atomic mass is 10.0. The van der Waals surface area contributed by atoms with Crippen molar-refractivity contribution in [3.63, 3.8) is 0 Å². The quantitative estimate of drug-likeness (QED) is 0.554. The first-order valence-electron chi connectivity index (χ1n) is 6.35. The Hall–Kier alpha value is -1.18. The van der Waals surface area contributed by atoms with Gasteiger partial charge >= 0.3 is 0 Å². The van der Waals surface area contributed by atoms with Crippen LogP contribution >= 0.6 is 0 Å². The van der Waals surface area contributed by atoms with Gasteiger partial charge in [0.05, 0.1) is 0 Å². The van der Waals surface area contributed by atoms with Gasteiger partial charge in [-0.1, -0.05) is 39.0 Å². The van der Waals surface area contributed by atoms with Crippen LogP contribution in [0.15, 0.2) is 12.1 Å². The number of fused-ring (bicyclic) bond motifs is 1. The highest BCUT2D eigenvalue weighted by Gasteiger charge is 2.26. The van der Waals surface area contributed by atoms with Crippen LogP contribution in [0, 0.1) is 0 Å². The normalized spacial score (nSPS) is 12.1. The zero-order chi connectivity index (χ0) is 11.4. The number of unbranched alkanes of at least 4 members (excludes halogenated alkanes) is 5. The molecule has 0 aliphatic carbocycles. The number of aromatic hydroxyl groups is 1. The third-order valence-corrected chi connectivity index (χ3v) is 3.15. The van der Waals surface area contributed by atoms with Crippen LogP contribution in [0.4, 0.5) is 0 Å². The molecule has 0 fully saturated rings. The molecule has 1 aliphatic rings. The Morgan fingerprint density at radius 1 is 1.06 bits per heavy atom. The molecular weight excluding hydrogens is 200 g/mol. The van der Waals surface area contributed by atoms with Crippen LogP contribution < -0.4 is 4.74 Å². The maximum atomic E-state index is 9.69. The van der Waals surface area contributed by atoms with Gasteiger partial charge in [0.2, 0.25) is 0 Å². The molecule has 2 heteroatoms. The molecular formula is C14H20O2. The summed E-state index contributed by atoms with van der Waals surface area (Å²) in [7, 11) is 0. The number of phenolic OH excluding ortho intramolecular Hbond substituents is 1. The van der Waals surface area contributed by atoms with E-state index in [0.717, 1.165) is 29.9 Å². The third-order valence-electron chi connectivity index (χ3n) is 3.15. The lowest BCUT2D eigenvalue weighted by Gasteiger charge is -2.02. The minimum absolute atomic E-state index is 0.393. The summed E-state index contributed by atoms with van der Waals surface area (Å²) >= 11 is 0. The lowest BCUT2D eigenvalue weighted by Crippen LogP contribution is -1.85. The van der Waals surface area contributed by atoms with Crippen molar-refractivity contribution in [2.75, 3.05) is 0 Å². The molecule has 0 saturated heterocycles. The van der Waals surface area contributed by atoms with Gasteiger partial charge in [-0.2, -0.15) is 0 Å². The summed E-state index contributed by atoms with van der Waals surface area (Å²) in [5.74, 6) is 2.26. The Labute approximate surface area is 97.3 Å². The third kappa shape index (κ3) is 2.69. The van der Waals surface area contributed by atoms with E-state index in [0.29, 0.717) is 5.75 Å². The van der Waals surface area contributed by atoms with Crippen LogP contribution in [0.25, 0.3) is 0 Å². The second-order valence-corrected chi connectivity index (χ2v) is 4.51. The van der Waals surface area contributed by atoms with Gasteiger partial charge in [0.25, 0.3) is 0 Å². The number of phenols is 1. The molecule has 0 radical (unpaired) electrons. The molecule has 2 nitrogen and oxygen atoms in total. The highest BCUT2D eigenvalue weighted by atomic mass is 16.6. The van der Waals surface area contributed by atoms with Gasteiger partial charge in [0.15, 0.2) is 11.5 Å². The van der Waals surface area contributed by atoms with Gasteiger partial charge in [-0.3, -0.25) is 0 Å². The molecule has 0 saturated carbocycles. The van der Waals surface area contributed by atoms with E-state index in [1.807, 2.05) is 6.07 Å². The number of rotatable bonds is 7. The largest absolute Gasteiger partial charge is 0.508 e. The summed E-state index contributed by atoms with van der Waals surface area (Å²) in [5, 5.41) is 9.69. The van der Waals surface area contributed by atoms with Crippen LogP contribution in [0.2, 0.25) is 0 Å². The molecule has 1 aromatic rings. The number of ether oxygens (including phenoxy) is 1. The van der Waals surface area contributed by atoms with Crippen molar-refractivity contribution in [2.45, 2.75) is 51.9 Å². The van der Waals surface area contributed by atoms with Gasteiger partial charge in [-0.25, -0.2) is 0 Å². The van der Waals surface area contributed by atoms with Crippen molar-refractivity contribution >= 4 is 0 Å². The molecule has 0 aromatic heterocycles. The van der Waals surface area contributed by atoms with E-state index in [2.05, 4.69) is 6.92 Å². The van der Waals surface area contributed by atoms with Crippen molar-refractivity contribution in [3.05, 3.63) is 17.7 Å². The molecule has 0 spiro atoms. The second kappa shape index (κ2) is 5.24. The Bertz CT molecular complexity index is 354. The average molecular weight is 220 g/mol. The SMILES string of the molecule is CCCCCCCCc1c(O)ccc2c1O2. The van der Waals surface area contributed by atoms with Crippen LogP contribution in [0.5, 0.6) is 17.2 Å². The smallest absolute Gasteiger partial charge is 0.177 e. The summed E-state index contributed by atoms with van der Waals surface area (Å²) in [6.07, 6.45) is 8.63. The van der Waals surface area contributed by atoms with Crippen LogP contribution in [-0.2, 0) is 6.42 Å². The lowest BCUT2D eigenvalue weighted by molar-refractivity contribution is 0.465. The predicted octanol–water partition coefficient (Wildman–Crippen LogP) is 4.40. The van der Waals surface area contributed by atoms with Crippen molar-refractivity contribution in [3.8, 4) is 17.2 Å². The zero-order valence-electron chi connectivity index (χ0n) is 9.96. The summed E-state index contributed by atoms with van der Waals surface area (Å²) in [6, 6.07) is 3.56. The summed E-state index contributed by atoms with van der Waals surface area (Å²) in [6.45, 7) is 2.23. The van der Waals surface area contributed by atoms with E-state index < -0.39 is 0 Å². The Morgan fingerprint density at radius 3 is 2.62 bits per heavy atom. The molecule has 0 atom stereocenters. The molecule has 88 valence electrons. The Balaban J connectivity index is 1.70. The van der Waals surface area contributed by atoms with Gasteiger partial charge in [0.1, 0.15) is 5.75 Å². The van der Waals surface area contributed by atoms with Crippen LogP contribution in [0.1, 0.15) is 51.0 Å². The first-order valence-corrected chi connectivity index (χ1v) is 6.35. The molecule has 0 bridgehead atoms. The van der Waals surface area contributed by atoms with E-state index >= 15 is 0 Å². The molecule has 1 aliphatic heterocycles. The standard InChI is InChI=1S/C14H20O2/c1-2-3-4-5-6-7-8-11-12(15)9-10-13-14(11)16-13/h9-10,15H,2-8H2,1H3. The van der Waals surface area contributed by atoms with Crippen molar-refractivity contribution < 1.29 is 9.84 Å². The molecule has 2 rings (SSSR count). The van der Waals surface area contributed by atoms with Crippen molar-refractivity contribution in [2.24, 2.45) is 0 Å². The van der Waals surface area contributed by atoms with Crippen LogP contribution in [0.3, 0.4) is 0 Å². The number of hydrogen-bond acceptors (Lipinski definition) is 2. The van der Waals surface area contributed by atoms with Gasteiger partial charge in [-0.15, -0.1) is 0 Å². The minimum Gasteiger partial charge on any atom is -0.508 e. The first kappa shape index (κ1) is 11.3. The molecule has 0 amide bonds. The fourth-order valence-corrected chi connectivity index (χ4v) is 2.10. The summed E-state index contributed by atoms with van der Waals surface area (Å²) in [5.41, 5.74) is 1.01. The van der Waals surface area contributed by atoms with Gasteiger partial charge < -0.3 is 9.84 Å². The fraction of sp³-hybridized carbons (Fsp3) is 0.571. The molecule has 16 heavy (non-hydrogen) atoms. The van der Waals surface area contributed by atoms with Crippen molar-refractivity contribution in [1.82, 2.24) is 0 Å². The van der Waals surface area contributed by atoms with E-state index in [4.69, 9.17) is 4.74 Å². The Morgan fingerprint density at radius 2 is 1.81 bits per heavy atom. The average Bonchev–Trinajstić information content (AvgIpc) is 3.05. The summed E-state index contributed by atoms with van der Waals surface area (Å²) < 4.78 is 5.29.